The minimum Gasteiger partial charge on any atom is -0.480 e. The normalized spacial score (nSPS) is 15.3. The number of carbonyl (C=O) groups excluding carboxylic acids is 1. The van der Waals surface area contributed by atoms with E-state index in [2.05, 4.69) is 27.5 Å². The average molecular weight is 467 g/mol. The second kappa shape index (κ2) is 10.2. The van der Waals surface area contributed by atoms with Crippen LogP contribution in [0.2, 0.25) is 0 Å². The minimum absolute atomic E-state index is 0.0942. The van der Waals surface area contributed by atoms with Gasteiger partial charge in [0.1, 0.15) is 12.6 Å². The molecule has 2 aromatic rings. The van der Waals surface area contributed by atoms with Crippen molar-refractivity contribution in [3.8, 4) is 11.1 Å². The maximum atomic E-state index is 12.8. The molecular formula is C25H32N5O4+. The monoisotopic (exact) mass is 466 g/mol. The molecule has 0 bridgehead atoms. The summed E-state index contributed by atoms with van der Waals surface area (Å²) in [5.41, 5.74) is 12.2. The van der Waals surface area contributed by atoms with Crippen LogP contribution >= 0.6 is 0 Å². The number of hydrogen-bond acceptors (Lipinski definition) is 4. The molecule has 0 radical (unpaired) electrons. The molecule has 9 nitrogen and oxygen atoms in total. The van der Waals surface area contributed by atoms with Gasteiger partial charge < -0.3 is 19.6 Å². The first-order valence-corrected chi connectivity index (χ1v) is 11.2. The number of benzene rings is 2. The number of alkyl carbamates (subject to hydrolysis) is 1. The van der Waals surface area contributed by atoms with E-state index in [9.17, 15) is 14.7 Å². The Balaban J connectivity index is 1.76. The number of nitrogens with zero attached hydrogens (tertiary/aromatic N) is 4. The van der Waals surface area contributed by atoms with Crippen LogP contribution in [0.1, 0.15) is 30.4 Å². The Labute approximate surface area is 199 Å². The van der Waals surface area contributed by atoms with Crippen LogP contribution in [0.25, 0.3) is 21.6 Å². The Hall–Kier alpha value is -3.55. The number of carboxylic acids is 1. The molecule has 1 aliphatic carbocycles. The van der Waals surface area contributed by atoms with E-state index in [1.807, 2.05) is 57.5 Å². The van der Waals surface area contributed by atoms with Crippen LogP contribution < -0.4 is 5.32 Å². The van der Waals surface area contributed by atoms with E-state index in [1.165, 1.54) is 0 Å². The summed E-state index contributed by atoms with van der Waals surface area (Å²) >= 11 is 0. The first-order chi connectivity index (χ1) is 16.1. The zero-order chi connectivity index (χ0) is 24.9. The fourth-order valence-corrected chi connectivity index (χ4v) is 5.04. The van der Waals surface area contributed by atoms with Crippen molar-refractivity contribution in [1.29, 1.82) is 0 Å². The van der Waals surface area contributed by atoms with Crippen LogP contribution in [0.4, 0.5) is 4.79 Å². The molecule has 0 saturated carbocycles. The summed E-state index contributed by atoms with van der Waals surface area (Å²) in [6.07, 6.45) is -0.488. The Bertz CT molecular complexity index is 1060. The van der Waals surface area contributed by atoms with Gasteiger partial charge in [-0.25, -0.2) is 9.59 Å². The van der Waals surface area contributed by atoms with Gasteiger partial charge >= 0.3 is 12.1 Å². The van der Waals surface area contributed by atoms with E-state index in [-0.39, 0.29) is 19.1 Å². The first-order valence-electron chi connectivity index (χ1n) is 11.2. The van der Waals surface area contributed by atoms with Gasteiger partial charge in [-0.05, 0) is 34.2 Å². The fourth-order valence-electron chi connectivity index (χ4n) is 5.04. The lowest BCUT2D eigenvalue weighted by Gasteiger charge is -2.40. The summed E-state index contributed by atoms with van der Waals surface area (Å²) in [7, 11) is 5.83. The molecule has 2 aromatic carbocycles. The Morgan fingerprint density at radius 3 is 2.21 bits per heavy atom. The summed E-state index contributed by atoms with van der Waals surface area (Å²) in [6.45, 7) is 2.45. The van der Waals surface area contributed by atoms with Gasteiger partial charge in [-0.15, -0.1) is 0 Å². The number of carboxylic acid groups (broad SMARTS) is 1. The van der Waals surface area contributed by atoms with Crippen molar-refractivity contribution in [3.63, 3.8) is 0 Å². The number of fused-ring (bicyclic) bond motifs is 3. The summed E-state index contributed by atoms with van der Waals surface area (Å²) < 4.78 is 6.05. The third kappa shape index (κ3) is 5.68. The van der Waals surface area contributed by atoms with Crippen molar-refractivity contribution in [2.45, 2.75) is 25.3 Å². The molecule has 0 saturated heterocycles. The Morgan fingerprint density at radius 1 is 1.15 bits per heavy atom. The second-order valence-electron chi connectivity index (χ2n) is 10.0. The topological polar surface area (TPSA) is 124 Å². The molecular weight excluding hydrogens is 434 g/mol. The molecule has 0 aliphatic heterocycles. The third-order valence-electron chi connectivity index (χ3n) is 6.23. The van der Waals surface area contributed by atoms with Gasteiger partial charge in [-0.2, -0.15) is 0 Å². The summed E-state index contributed by atoms with van der Waals surface area (Å²) in [5, 5.41) is 16.1. The zero-order valence-electron chi connectivity index (χ0n) is 20.1. The molecule has 0 unspecified atom stereocenters. The van der Waals surface area contributed by atoms with Crippen molar-refractivity contribution in [3.05, 3.63) is 70.1 Å². The van der Waals surface area contributed by atoms with Crippen LogP contribution in [0.15, 0.2) is 53.6 Å². The van der Waals surface area contributed by atoms with Crippen molar-refractivity contribution in [1.82, 2.24) is 5.32 Å². The van der Waals surface area contributed by atoms with Crippen LogP contribution in [-0.2, 0) is 9.53 Å². The molecule has 180 valence electrons. The quantitative estimate of drug-likeness (QED) is 0.233. The Kier molecular flexibility index (Phi) is 7.49. The zero-order valence-corrected chi connectivity index (χ0v) is 20.1. The van der Waals surface area contributed by atoms with Crippen molar-refractivity contribution >= 4 is 12.1 Å². The highest BCUT2D eigenvalue weighted by Gasteiger charge is 2.44. The predicted molar refractivity (Wildman–Crippen MR) is 129 cm³/mol. The highest BCUT2D eigenvalue weighted by Crippen LogP contribution is 2.44. The summed E-state index contributed by atoms with van der Waals surface area (Å²) in [4.78, 5) is 27.8. The molecule has 1 amide bonds. The lowest BCUT2D eigenvalue weighted by atomic mass is 9.78. The van der Waals surface area contributed by atoms with E-state index >= 15 is 0 Å². The second-order valence-corrected chi connectivity index (χ2v) is 10.0. The van der Waals surface area contributed by atoms with Crippen LogP contribution in [-0.4, -0.2) is 68.5 Å². The molecule has 3 rings (SSSR count). The maximum absolute atomic E-state index is 12.8. The van der Waals surface area contributed by atoms with E-state index in [0.29, 0.717) is 17.4 Å². The summed E-state index contributed by atoms with van der Waals surface area (Å²) in [6, 6.07) is 14.8. The molecule has 0 heterocycles. The number of rotatable bonds is 10. The molecule has 34 heavy (non-hydrogen) atoms. The number of azide groups is 1. The fraction of sp³-hybridized carbons (Fsp3) is 0.440. The molecule has 2 N–H and O–H groups in total. The number of aliphatic carboxylic acids is 1. The SMILES string of the molecule is C[C@@](CCN=[N+]=[N-])(C[N+](C)(C)C)[C@H](NC(=O)OCC1c2ccccc2-c2ccccc21)C(=O)O. The van der Waals surface area contributed by atoms with Crippen molar-refractivity contribution in [2.24, 2.45) is 10.5 Å². The highest BCUT2D eigenvalue weighted by atomic mass is 16.5. The predicted octanol–water partition coefficient (Wildman–Crippen LogP) is 4.39. The molecule has 0 fully saturated rings. The van der Waals surface area contributed by atoms with Crippen LogP contribution in [0.5, 0.6) is 0 Å². The van der Waals surface area contributed by atoms with Crippen molar-refractivity contribution in [2.75, 3.05) is 40.8 Å². The number of carbonyl (C=O) groups is 2. The van der Waals surface area contributed by atoms with Gasteiger partial charge in [0, 0.05) is 22.8 Å². The standard InChI is InChI=1S/C25H31N5O4/c1-25(13-14-27-29-26,16-30(2,3)4)22(23(31)32)28-24(33)34-15-21-19-11-7-5-9-17(19)18-10-6-8-12-20(18)21/h5-12,21-22H,13-16H2,1-4H3,(H-,28,31,32,33)/p+1/t22-,25-/m1/s1. The van der Waals surface area contributed by atoms with E-state index in [0.717, 1.165) is 22.3 Å². The smallest absolute Gasteiger partial charge is 0.407 e. The summed E-state index contributed by atoms with van der Waals surface area (Å²) in [5.74, 6) is -1.28. The Morgan fingerprint density at radius 2 is 1.71 bits per heavy atom. The molecule has 0 spiro atoms. The van der Waals surface area contributed by atoms with Gasteiger partial charge in [0.15, 0.2) is 0 Å². The van der Waals surface area contributed by atoms with E-state index in [4.69, 9.17) is 10.3 Å². The van der Waals surface area contributed by atoms with Crippen molar-refractivity contribution < 1.29 is 23.9 Å². The van der Waals surface area contributed by atoms with Gasteiger partial charge in [0.2, 0.25) is 0 Å². The largest absolute Gasteiger partial charge is 0.480 e. The number of amides is 1. The molecule has 1 aliphatic rings. The number of quaternary nitrogens is 1. The van der Waals surface area contributed by atoms with Gasteiger partial charge in [0.05, 0.1) is 27.7 Å². The highest BCUT2D eigenvalue weighted by molar-refractivity contribution is 5.81. The number of ether oxygens (including phenoxy) is 1. The first kappa shape index (κ1) is 25.1. The lowest BCUT2D eigenvalue weighted by molar-refractivity contribution is -0.877. The van der Waals surface area contributed by atoms with E-state index in [1.54, 1.807) is 6.92 Å². The molecule has 2 atom stereocenters. The molecule has 9 heteroatoms. The third-order valence-corrected chi connectivity index (χ3v) is 6.23. The average Bonchev–Trinajstić information content (AvgIpc) is 3.08. The maximum Gasteiger partial charge on any atom is 0.407 e. The lowest BCUT2D eigenvalue weighted by Crippen LogP contribution is -2.58. The minimum atomic E-state index is -1.21. The van der Waals surface area contributed by atoms with E-state index < -0.39 is 23.5 Å². The van der Waals surface area contributed by atoms with Gasteiger partial charge in [-0.1, -0.05) is 60.6 Å². The number of hydrogen-bond donors (Lipinski definition) is 2. The molecule has 0 aromatic heterocycles. The van der Waals surface area contributed by atoms with Crippen LogP contribution in [0.3, 0.4) is 0 Å². The van der Waals surface area contributed by atoms with Gasteiger partial charge in [0.25, 0.3) is 0 Å². The number of nitrogens with one attached hydrogen (secondary N) is 1. The van der Waals surface area contributed by atoms with Crippen LogP contribution in [0, 0.1) is 5.41 Å². The van der Waals surface area contributed by atoms with Gasteiger partial charge in [-0.3, -0.25) is 0 Å².